The zero-order chi connectivity index (χ0) is 12.3. The third kappa shape index (κ3) is 2.69. The molecule has 2 aromatic rings. The minimum atomic E-state index is 0.157. The number of aryl methyl sites for hydroxylation is 2. The number of hydrogen-bond donors (Lipinski definition) is 0. The van der Waals surface area contributed by atoms with Crippen LogP contribution in [0.3, 0.4) is 0 Å². The lowest BCUT2D eigenvalue weighted by Gasteiger charge is -2.06. The van der Waals surface area contributed by atoms with E-state index >= 15 is 0 Å². The molecule has 0 spiro atoms. The standard InChI is InChI=1S/C12H12N2O3/c1-8-3-4-11(10(5-8)6-15)16-7-12-13-9(2)14-17-12/h3-6H,7H2,1-2H3. The van der Waals surface area contributed by atoms with Crippen LogP contribution in [0.4, 0.5) is 0 Å². The fraction of sp³-hybridized carbons (Fsp3) is 0.250. The summed E-state index contributed by atoms with van der Waals surface area (Å²) in [7, 11) is 0. The van der Waals surface area contributed by atoms with E-state index in [-0.39, 0.29) is 6.61 Å². The summed E-state index contributed by atoms with van der Waals surface area (Å²) < 4.78 is 10.4. The van der Waals surface area contributed by atoms with Crippen LogP contribution in [0.5, 0.6) is 5.75 Å². The Labute approximate surface area is 98.4 Å². The van der Waals surface area contributed by atoms with Crippen LogP contribution in [-0.2, 0) is 6.61 Å². The van der Waals surface area contributed by atoms with Gasteiger partial charge in [-0.3, -0.25) is 4.79 Å². The van der Waals surface area contributed by atoms with E-state index in [1.165, 1.54) is 0 Å². The first-order valence-electron chi connectivity index (χ1n) is 5.17. The number of benzene rings is 1. The van der Waals surface area contributed by atoms with Gasteiger partial charge in [0.05, 0.1) is 5.56 Å². The smallest absolute Gasteiger partial charge is 0.264 e. The Kier molecular flexibility index (Phi) is 3.18. The van der Waals surface area contributed by atoms with Crippen LogP contribution in [0.25, 0.3) is 0 Å². The summed E-state index contributed by atoms with van der Waals surface area (Å²) in [6.45, 7) is 3.80. The van der Waals surface area contributed by atoms with E-state index in [1.54, 1.807) is 19.1 Å². The molecule has 0 saturated carbocycles. The van der Waals surface area contributed by atoms with Crippen LogP contribution in [0.1, 0.15) is 27.6 Å². The molecule has 88 valence electrons. The SMILES string of the molecule is Cc1ccc(OCc2nc(C)no2)c(C=O)c1. The van der Waals surface area contributed by atoms with Crippen molar-refractivity contribution in [2.45, 2.75) is 20.5 Å². The van der Waals surface area contributed by atoms with E-state index in [0.29, 0.717) is 23.0 Å². The molecule has 17 heavy (non-hydrogen) atoms. The summed E-state index contributed by atoms with van der Waals surface area (Å²) in [5.41, 5.74) is 1.52. The molecule has 0 fully saturated rings. The van der Waals surface area contributed by atoms with Crippen LogP contribution >= 0.6 is 0 Å². The highest BCUT2D eigenvalue weighted by Crippen LogP contribution is 2.19. The molecule has 0 radical (unpaired) electrons. The maximum absolute atomic E-state index is 10.9. The Morgan fingerprint density at radius 2 is 2.24 bits per heavy atom. The van der Waals surface area contributed by atoms with E-state index in [1.807, 2.05) is 13.0 Å². The molecule has 1 heterocycles. The minimum Gasteiger partial charge on any atom is -0.483 e. The van der Waals surface area contributed by atoms with Gasteiger partial charge in [0, 0.05) is 0 Å². The first-order chi connectivity index (χ1) is 8.19. The fourth-order valence-electron chi connectivity index (χ4n) is 1.43. The third-order valence-corrected chi connectivity index (χ3v) is 2.21. The number of carbonyl (C=O) groups excluding carboxylic acids is 1. The van der Waals surface area contributed by atoms with Gasteiger partial charge in [-0.1, -0.05) is 16.8 Å². The van der Waals surface area contributed by atoms with Gasteiger partial charge < -0.3 is 9.26 Å². The molecule has 1 aromatic carbocycles. The Bertz CT molecular complexity index is 534. The summed E-state index contributed by atoms with van der Waals surface area (Å²) in [6.07, 6.45) is 0.765. The van der Waals surface area contributed by atoms with Gasteiger partial charge in [0.25, 0.3) is 5.89 Å². The lowest BCUT2D eigenvalue weighted by Crippen LogP contribution is -1.99. The molecule has 1 aromatic heterocycles. The molecule has 0 amide bonds. The minimum absolute atomic E-state index is 0.157. The highest BCUT2D eigenvalue weighted by Gasteiger charge is 2.07. The van der Waals surface area contributed by atoms with Crippen molar-refractivity contribution in [2.24, 2.45) is 0 Å². The van der Waals surface area contributed by atoms with Crippen molar-refractivity contribution in [2.75, 3.05) is 0 Å². The van der Waals surface area contributed by atoms with Crippen molar-refractivity contribution < 1.29 is 14.1 Å². The molecule has 2 rings (SSSR count). The van der Waals surface area contributed by atoms with Gasteiger partial charge in [0.15, 0.2) is 18.7 Å². The van der Waals surface area contributed by atoms with Crippen LogP contribution in [0.2, 0.25) is 0 Å². The number of ether oxygens (including phenoxy) is 1. The largest absolute Gasteiger partial charge is 0.483 e. The van der Waals surface area contributed by atoms with Gasteiger partial charge in [0.2, 0.25) is 0 Å². The monoisotopic (exact) mass is 232 g/mol. The molecule has 0 atom stereocenters. The van der Waals surface area contributed by atoms with Crippen LogP contribution in [0.15, 0.2) is 22.7 Å². The van der Waals surface area contributed by atoms with Crippen molar-refractivity contribution in [1.82, 2.24) is 10.1 Å². The first-order valence-corrected chi connectivity index (χ1v) is 5.17. The van der Waals surface area contributed by atoms with Crippen molar-refractivity contribution >= 4 is 6.29 Å². The Balaban J connectivity index is 2.11. The molecule has 0 unspecified atom stereocenters. The highest BCUT2D eigenvalue weighted by molar-refractivity contribution is 5.79. The average molecular weight is 232 g/mol. The molecular formula is C12H12N2O3. The van der Waals surface area contributed by atoms with E-state index in [0.717, 1.165) is 11.8 Å². The maximum atomic E-state index is 10.9. The topological polar surface area (TPSA) is 65.2 Å². The van der Waals surface area contributed by atoms with Gasteiger partial charge in [0.1, 0.15) is 5.75 Å². The molecule has 0 aliphatic carbocycles. The molecule has 0 N–H and O–H groups in total. The lowest BCUT2D eigenvalue weighted by atomic mass is 10.1. The Hall–Kier alpha value is -2.17. The second kappa shape index (κ2) is 4.78. The predicted octanol–water partition coefficient (Wildman–Crippen LogP) is 2.08. The van der Waals surface area contributed by atoms with E-state index in [2.05, 4.69) is 10.1 Å². The first kappa shape index (κ1) is 11.3. The Morgan fingerprint density at radius 1 is 1.41 bits per heavy atom. The zero-order valence-corrected chi connectivity index (χ0v) is 9.64. The summed E-state index contributed by atoms with van der Waals surface area (Å²) in [5, 5.41) is 3.65. The molecular weight excluding hydrogens is 220 g/mol. The normalized spacial score (nSPS) is 10.2. The lowest BCUT2D eigenvalue weighted by molar-refractivity contribution is 0.111. The number of hydrogen-bond acceptors (Lipinski definition) is 5. The number of carbonyl (C=O) groups is 1. The number of rotatable bonds is 4. The van der Waals surface area contributed by atoms with Crippen LogP contribution < -0.4 is 4.74 Å². The molecule has 5 nitrogen and oxygen atoms in total. The van der Waals surface area contributed by atoms with Crippen molar-refractivity contribution in [3.05, 3.63) is 41.0 Å². The number of aldehydes is 1. The van der Waals surface area contributed by atoms with Crippen LogP contribution in [0, 0.1) is 13.8 Å². The van der Waals surface area contributed by atoms with Gasteiger partial charge in [-0.15, -0.1) is 0 Å². The maximum Gasteiger partial charge on any atom is 0.264 e. The quantitative estimate of drug-likeness (QED) is 0.755. The molecule has 5 heteroatoms. The van der Waals surface area contributed by atoms with E-state index in [4.69, 9.17) is 9.26 Å². The van der Waals surface area contributed by atoms with Gasteiger partial charge >= 0.3 is 0 Å². The van der Waals surface area contributed by atoms with Crippen LogP contribution in [-0.4, -0.2) is 16.4 Å². The van der Waals surface area contributed by atoms with Crippen molar-refractivity contribution in [1.29, 1.82) is 0 Å². The highest BCUT2D eigenvalue weighted by atomic mass is 16.5. The summed E-state index contributed by atoms with van der Waals surface area (Å²) >= 11 is 0. The van der Waals surface area contributed by atoms with E-state index in [9.17, 15) is 4.79 Å². The van der Waals surface area contributed by atoms with Gasteiger partial charge in [-0.2, -0.15) is 4.98 Å². The molecule has 0 saturated heterocycles. The second-order valence-corrected chi connectivity index (χ2v) is 3.68. The molecule has 0 aliphatic rings. The fourth-order valence-corrected chi connectivity index (χ4v) is 1.43. The number of nitrogens with zero attached hydrogens (tertiary/aromatic N) is 2. The molecule has 0 aliphatic heterocycles. The van der Waals surface area contributed by atoms with Gasteiger partial charge in [-0.25, -0.2) is 0 Å². The third-order valence-electron chi connectivity index (χ3n) is 2.21. The predicted molar refractivity (Wildman–Crippen MR) is 59.9 cm³/mol. The zero-order valence-electron chi connectivity index (χ0n) is 9.64. The summed E-state index contributed by atoms with van der Waals surface area (Å²) in [4.78, 5) is 14.9. The molecule has 0 bridgehead atoms. The summed E-state index contributed by atoms with van der Waals surface area (Å²) in [6, 6.07) is 5.39. The average Bonchev–Trinajstić information content (AvgIpc) is 2.73. The number of aromatic nitrogens is 2. The Morgan fingerprint density at radius 3 is 2.88 bits per heavy atom. The van der Waals surface area contributed by atoms with Gasteiger partial charge in [-0.05, 0) is 26.0 Å². The van der Waals surface area contributed by atoms with Crippen molar-refractivity contribution in [3.8, 4) is 5.75 Å². The second-order valence-electron chi connectivity index (χ2n) is 3.68. The van der Waals surface area contributed by atoms with Crippen molar-refractivity contribution in [3.63, 3.8) is 0 Å². The summed E-state index contributed by atoms with van der Waals surface area (Å²) in [5.74, 6) is 1.46. The van der Waals surface area contributed by atoms with E-state index < -0.39 is 0 Å².